The van der Waals surface area contributed by atoms with Crippen molar-refractivity contribution in [2.45, 2.75) is 5.41 Å². The van der Waals surface area contributed by atoms with Crippen molar-refractivity contribution in [3.05, 3.63) is 223 Å². The Hall–Kier alpha value is -5.89. The van der Waals surface area contributed by atoms with Crippen molar-refractivity contribution in [1.29, 1.82) is 0 Å². The van der Waals surface area contributed by atoms with Crippen LogP contribution >= 0.6 is 0 Å². The molecule has 0 N–H and O–H groups in total. The van der Waals surface area contributed by atoms with Gasteiger partial charge in [0.1, 0.15) is 5.41 Å². The zero-order valence-corrected chi connectivity index (χ0v) is 29.8. The third-order valence-electron chi connectivity index (χ3n) is 9.57. The van der Waals surface area contributed by atoms with Crippen molar-refractivity contribution in [2.75, 3.05) is 4.90 Å². The number of hydrogen-bond acceptors (Lipinski definition) is 3. The second-order valence-corrected chi connectivity index (χ2v) is 12.4. The van der Waals surface area contributed by atoms with Crippen LogP contribution in [-0.4, -0.2) is 9.97 Å². The molecule has 6 aromatic carbocycles. The monoisotopic (exact) mass is 832 g/mol. The van der Waals surface area contributed by atoms with Crippen molar-refractivity contribution in [1.82, 2.24) is 9.97 Å². The van der Waals surface area contributed by atoms with E-state index in [1.807, 2.05) is 36.4 Å². The summed E-state index contributed by atoms with van der Waals surface area (Å²) in [5.41, 5.74) is 12.4. The quantitative estimate of drug-likeness (QED) is 0.156. The number of fused-ring (bicyclic) bond motifs is 2. The molecule has 0 saturated heterocycles. The van der Waals surface area contributed by atoms with E-state index in [4.69, 9.17) is 9.97 Å². The van der Waals surface area contributed by atoms with Gasteiger partial charge in [0.05, 0.1) is 22.8 Å². The van der Waals surface area contributed by atoms with Gasteiger partial charge in [-0.05, 0) is 70.0 Å². The van der Waals surface area contributed by atoms with Crippen LogP contribution < -0.4 is 4.90 Å². The second-order valence-electron chi connectivity index (χ2n) is 12.4. The van der Waals surface area contributed by atoms with Crippen LogP contribution in [-0.2, 0) is 26.5 Å². The first-order valence-electron chi connectivity index (χ1n) is 16.8. The maximum atomic E-state index is 5.46. The second kappa shape index (κ2) is 13.8. The molecule has 51 heavy (non-hydrogen) atoms. The minimum Gasteiger partial charge on any atom is -0.310 e. The molecule has 8 aromatic rings. The fraction of sp³-hybridized carbons (Fsp3) is 0.0213. The van der Waals surface area contributed by atoms with Crippen LogP contribution in [0.1, 0.15) is 22.5 Å². The van der Waals surface area contributed by atoms with Crippen LogP contribution in [0.5, 0.6) is 0 Å². The van der Waals surface area contributed by atoms with Gasteiger partial charge < -0.3 is 4.90 Å². The molecule has 1 aliphatic heterocycles. The first-order valence-corrected chi connectivity index (χ1v) is 16.8. The van der Waals surface area contributed by atoms with Crippen molar-refractivity contribution < 1.29 is 21.1 Å². The molecule has 3 heterocycles. The van der Waals surface area contributed by atoms with E-state index in [0.29, 0.717) is 0 Å². The molecular weight excluding hydrogens is 802 g/mol. The fourth-order valence-corrected chi connectivity index (χ4v) is 7.33. The van der Waals surface area contributed by atoms with Gasteiger partial charge in [-0.2, -0.15) is 0 Å². The molecule has 244 valence electrons. The van der Waals surface area contributed by atoms with Crippen LogP contribution in [0.4, 0.5) is 17.1 Å². The molecule has 3 nitrogen and oxygen atoms in total. The molecule has 0 fully saturated rings. The average molecular weight is 833 g/mol. The van der Waals surface area contributed by atoms with Gasteiger partial charge in [-0.15, -0.1) is 71.8 Å². The first kappa shape index (κ1) is 32.3. The minimum atomic E-state index is -0.844. The molecule has 0 aliphatic carbocycles. The van der Waals surface area contributed by atoms with Gasteiger partial charge in [-0.25, -0.2) is 0 Å². The van der Waals surface area contributed by atoms with Crippen LogP contribution in [0.25, 0.3) is 33.6 Å². The van der Waals surface area contributed by atoms with Crippen LogP contribution in [0.3, 0.4) is 0 Å². The van der Waals surface area contributed by atoms with Gasteiger partial charge in [-0.1, -0.05) is 103 Å². The predicted octanol–water partition coefficient (Wildman–Crippen LogP) is 11.2. The van der Waals surface area contributed by atoms with E-state index < -0.39 is 5.41 Å². The Morgan fingerprint density at radius 1 is 0.412 bits per heavy atom. The van der Waals surface area contributed by atoms with E-state index in [2.05, 4.69) is 169 Å². The van der Waals surface area contributed by atoms with E-state index in [9.17, 15) is 0 Å². The smallest absolute Gasteiger partial charge is 0.310 e. The molecule has 0 atom stereocenters. The average Bonchev–Trinajstić information content (AvgIpc) is 3.21. The van der Waals surface area contributed by atoms with E-state index in [1.54, 1.807) is 0 Å². The number of hydrogen-bond donors (Lipinski definition) is 0. The Labute approximate surface area is 313 Å². The summed E-state index contributed by atoms with van der Waals surface area (Å²) in [6, 6.07) is 72.2. The zero-order chi connectivity index (χ0) is 33.3. The minimum absolute atomic E-state index is 0. The predicted molar refractivity (Wildman–Crippen MR) is 203 cm³/mol. The SMILES string of the molecule is [Pt+2].[c-]1ccccc1-c1cccc(C2(c3cccc(-c4[c-]cccc4)n3)c3ccccc3N(c3ccc(-c4ccccc4)cc3)c3ccccc32)n1. The van der Waals surface area contributed by atoms with Crippen LogP contribution in [0, 0.1) is 12.1 Å². The maximum Gasteiger partial charge on any atom is 2.00 e. The molecule has 0 saturated carbocycles. The summed E-state index contributed by atoms with van der Waals surface area (Å²) in [5, 5.41) is 0. The summed E-state index contributed by atoms with van der Waals surface area (Å²) in [4.78, 5) is 13.3. The molecule has 1 aliphatic rings. The summed E-state index contributed by atoms with van der Waals surface area (Å²) in [5.74, 6) is 0. The fourth-order valence-electron chi connectivity index (χ4n) is 7.33. The van der Waals surface area contributed by atoms with Crippen LogP contribution in [0.15, 0.2) is 188 Å². The molecule has 0 radical (unpaired) electrons. The third kappa shape index (κ3) is 5.61. The number of rotatable bonds is 6. The van der Waals surface area contributed by atoms with Gasteiger partial charge in [0, 0.05) is 5.69 Å². The van der Waals surface area contributed by atoms with Gasteiger partial charge in [0.25, 0.3) is 0 Å². The van der Waals surface area contributed by atoms with E-state index >= 15 is 0 Å². The van der Waals surface area contributed by atoms with E-state index in [-0.39, 0.29) is 21.1 Å². The number of benzene rings is 6. The molecule has 0 amide bonds. The standard InChI is InChI=1S/C47H31N3.Pt/c1-4-16-34(17-5-1)35-30-32-38(33-31-35)50-43-26-12-10-22-39(43)47(40-23-11-13-27-44(40)50,45-28-14-24-41(48-45)36-18-6-2-7-19-36)46-29-15-25-42(49-46)37-20-8-3-9-21-37;/h1-18,20,22-33H;/q-2;+2. The topological polar surface area (TPSA) is 29.0 Å². The summed E-state index contributed by atoms with van der Waals surface area (Å²) in [7, 11) is 0. The molecule has 9 rings (SSSR count). The Morgan fingerprint density at radius 3 is 1.39 bits per heavy atom. The maximum absolute atomic E-state index is 5.46. The molecule has 0 bridgehead atoms. The Bertz CT molecular complexity index is 2300. The summed E-state index contributed by atoms with van der Waals surface area (Å²) in [6.07, 6.45) is 0. The Kier molecular flexibility index (Phi) is 8.74. The van der Waals surface area contributed by atoms with Gasteiger partial charge in [-0.3, -0.25) is 9.97 Å². The van der Waals surface area contributed by atoms with Crippen LogP contribution in [0.2, 0.25) is 0 Å². The zero-order valence-electron chi connectivity index (χ0n) is 27.6. The third-order valence-corrected chi connectivity index (χ3v) is 9.57. The van der Waals surface area contributed by atoms with Gasteiger partial charge >= 0.3 is 21.1 Å². The first-order chi connectivity index (χ1) is 24.8. The summed E-state index contributed by atoms with van der Waals surface area (Å²) in [6.45, 7) is 0. The van der Waals surface area contributed by atoms with Crippen molar-refractivity contribution in [3.63, 3.8) is 0 Å². The Morgan fingerprint density at radius 2 is 0.882 bits per heavy atom. The normalized spacial score (nSPS) is 12.7. The molecule has 0 spiro atoms. The van der Waals surface area contributed by atoms with Gasteiger partial charge in [0.2, 0.25) is 0 Å². The summed E-state index contributed by atoms with van der Waals surface area (Å²) >= 11 is 0. The number of para-hydroxylation sites is 2. The Balaban J connectivity index is 0.00000374. The number of anilines is 3. The molecule has 2 aromatic heterocycles. The molecule has 0 unspecified atom stereocenters. The van der Waals surface area contributed by atoms with E-state index in [1.165, 1.54) is 11.1 Å². The van der Waals surface area contributed by atoms with Crippen molar-refractivity contribution in [2.24, 2.45) is 0 Å². The number of aromatic nitrogens is 2. The van der Waals surface area contributed by atoms with Crippen molar-refractivity contribution >= 4 is 17.1 Å². The number of pyridine rings is 2. The van der Waals surface area contributed by atoms with E-state index in [0.717, 1.165) is 62.1 Å². The number of nitrogens with zero attached hydrogens (tertiary/aromatic N) is 3. The van der Waals surface area contributed by atoms with Crippen molar-refractivity contribution in [3.8, 4) is 33.6 Å². The largest absolute Gasteiger partial charge is 2.00 e. The molecule has 4 heteroatoms. The summed E-state index contributed by atoms with van der Waals surface area (Å²) < 4.78 is 0. The molecular formula is C47H31N3Pt. The van der Waals surface area contributed by atoms with Gasteiger partial charge in [0.15, 0.2) is 0 Å².